The van der Waals surface area contributed by atoms with Crippen LogP contribution in [-0.4, -0.2) is 67.4 Å². The second-order valence-electron chi connectivity index (χ2n) is 7.35. The molecule has 0 saturated heterocycles. The normalized spacial score (nSPS) is 11.3. The standard InChI is InChI=1S/C25H27N3O8/c1-14(2)24(30)36-21(29)13-35-25-27-22(17-9-7-15(31-3)11-19(17)33-5)26-23(28-25)18-10-8-16(32-4)12-20(18)34-6/h7-12,21,29H,1,13H2,2-6H3. The van der Waals surface area contributed by atoms with E-state index in [-0.39, 0.29) is 23.2 Å². The molecule has 1 unspecified atom stereocenters. The minimum Gasteiger partial charge on any atom is -0.497 e. The molecule has 0 aliphatic rings. The van der Waals surface area contributed by atoms with Gasteiger partial charge in [0.1, 0.15) is 23.0 Å². The Hall–Kier alpha value is -4.38. The van der Waals surface area contributed by atoms with Gasteiger partial charge in [0.25, 0.3) is 0 Å². The Kier molecular flexibility index (Phi) is 8.63. The molecule has 190 valence electrons. The number of nitrogens with zero attached hydrogens (tertiary/aromatic N) is 3. The van der Waals surface area contributed by atoms with E-state index in [1.54, 1.807) is 50.6 Å². The van der Waals surface area contributed by atoms with Crippen molar-refractivity contribution in [1.82, 2.24) is 15.0 Å². The van der Waals surface area contributed by atoms with Gasteiger partial charge in [-0.25, -0.2) is 9.78 Å². The number of rotatable bonds is 11. The largest absolute Gasteiger partial charge is 0.497 e. The predicted molar refractivity (Wildman–Crippen MR) is 129 cm³/mol. The highest BCUT2D eigenvalue weighted by molar-refractivity contribution is 5.87. The highest BCUT2D eigenvalue weighted by Gasteiger charge is 2.20. The number of aromatic nitrogens is 3. The molecule has 1 atom stereocenters. The van der Waals surface area contributed by atoms with Gasteiger partial charge >= 0.3 is 12.0 Å². The van der Waals surface area contributed by atoms with Gasteiger partial charge in [0.15, 0.2) is 18.3 Å². The number of hydrogen-bond acceptors (Lipinski definition) is 11. The van der Waals surface area contributed by atoms with Crippen molar-refractivity contribution in [2.24, 2.45) is 0 Å². The minimum absolute atomic E-state index is 0.129. The van der Waals surface area contributed by atoms with Crippen LogP contribution in [0, 0.1) is 0 Å². The first-order valence-corrected chi connectivity index (χ1v) is 10.7. The predicted octanol–water partition coefficient (Wildman–Crippen LogP) is 3.06. The van der Waals surface area contributed by atoms with Crippen LogP contribution in [0.1, 0.15) is 6.92 Å². The van der Waals surface area contributed by atoms with Crippen molar-refractivity contribution in [2.75, 3.05) is 35.0 Å². The number of carbonyl (C=O) groups excluding carboxylic acids is 1. The zero-order valence-electron chi connectivity index (χ0n) is 20.6. The fourth-order valence-corrected chi connectivity index (χ4v) is 3.03. The summed E-state index contributed by atoms with van der Waals surface area (Å²) in [4.78, 5) is 25.0. The molecular formula is C25H27N3O8. The number of methoxy groups -OCH3 is 4. The lowest BCUT2D eigenvalue weighted by Crippen LogP contribution is -2.25. The zero-order valence-corrected chi connectivity index (χ0v) is 20.6. The molecule has 11 nitrogen and oxygen atoms in total. The number of aliphatic hydroxyl groups is 1. The van der Waals surface area contributed by atoms with Gasteiger partial charge in [-0.15, -0.1) is 0 Å². The Morgan fingerprint density at radius 2 is 1.36 bits per heavy atom. The summed E-state index contributed by atoms with van der Waals surface area (Å²) in [5.41, 5.74) is 1.21. The van der Waals surface area contributed by atoms with Crippen LogP contribution in [0.2, 0.25) is 0 Å². The van der Waals surface area contributed by atoms with Gasteiger partial charge in [-0.2, -0.15) is 9.97 Å². The van der Waals surface area contributed by atoms with Crippen LogP contribution < -0.4 is 23.7 Å². The summed E-state index contributed by atoms with van der Waals surface area (Å²) < 4.78 is 31.9. The first-order chi connectivity index (χ1) is 17.3. The summed E-state index contributed by atoms with van der Waals surface area (Å²) in [6.07, 6.45) is -1.57. The summed E-state index contributed by atoms with van der Waals surface area (Å²) in [7, 11) is 6.11. The monoisotopic (exact) mass is 497 g/mol. The van der Waals surface area contributed by atoms with E-state index in [0.29, 0.717) is 34.1 Å². The van der Waals surface area contributed by atoms with Gasteiger partial charge in [0, 0.05) is 17.7 Å². The van der Waals surface area contributed by atoms with Crippen LogP contribution >= 0.6 is 0 Å². The minimum atomic E-state index is -1.57. The molecule has 3 rings (SSSR count). The van der Waals surface area contributed by atoms with Crippen LogP contribution in [0.4, 0.5) is 0 Å². The average Bonchev–Trinajstić information content (AvgIpc) is 2.90. The molecule has 2 aromatic carbocycles. The maximum absolute atomic E-state index is 11.7. The van der Waals surface area contributed by atoms with Gasteiger partial charge in [-0.3, -0.25) is 0 Å². The van der Waals surface area contributed by atoms with E-state index >= 15 is 0 Å². The fourth-order valence-electron chi connectivity index (χ4n) is 3.03. The fraction of sp³-hybridized carbons (Fsp3) is 0.280. The van der Waals surface area contributed by atoms with E-state index in [4.69, 9.17) is 28.4 Å². The second kappa shape index (κ2) is 11.8. The third-order valence-corrected chi connectivity index (χ3v) is 4.86. The number of carbonyl (C=O) groups is 1. The van der Waals surface area contributed by atoms with Crippen molar-refractivity contribution >= 4 is 5.97 Å². The third-order valence-electron chi connectivity index (χ3n) is 4.86. The van der Waals surface area contributed by atoms with E-state index in [2.05, 4.69) is 21.5 Å². The van der Waals surface area contributed by atoms with Gasteiger partial charge < -0.3 is 33.5 Å². The van der Waals surface area contributed by atoms with Crippen LogP contribution in [-0.2, 0) is 9.53 Å². The Bertz CT molecular complexity index is 1170. The Morgan fingerprint density at radius 3 is 1.78 bits per heavy atom. The van der Waals surface area contributed by atoms with Crippen LogP contribution in [0.25, 0.3) is 22.8 Å². The number of ether oxygens (including phenoxy) is 6. The van der Waals surface area contributed by atoms with Crippen molar-refractivity contribution < 1.29 is 38.3 Å². The first kappa shape index (κ1) is 26.2. The van der Waals surface area contributed by atoms with E-state index in [9.17, 15) is 9.90 Å². The molecule has 0 fully saturated rings. The molecular weight excluding hydrogens is 470 g/mol. The highest BCUT2D eigenvalue weighted by Crippen LogP contribution is 2.35. The van der Waals surface area contributed by atoms with E-state index in [1.165, 1.54) is 21.1 Å². The average molecular weight is 498 g/mol. The molecule has 1 heterocycles. The maximum atomic E-state index is 11.7. The number of hydrogen-bond donors (Lipinski definition) is 1. The zero-order chi connectivity index (χ0) is 26.2. The third kappa shape index (κ3) is 6.19. The number of aliphatic hydroxyl groups excluding tert-OH is 1. The second-order valence-corrected chi connectivity index (χ2v) is 7.35. The van der Waals surface area contributed by atoms with Crippen LogP contribution in [0.5, 0.6) is 29.0 Å². The van der Waals surface area contributed by atoms with Crippen LogP contribution in [0.15, 0.2) is 48.6 Å². The number of benzene rings is 2. The molecule has 0 bridgehead atoms. The lowest BCUT2D eigenvalue weighted by molar-refractivity contribution is -0.167. The molecule has 0 radical (unpaired) electrons. The Labute approximate surface area is 208 Å². The molecule has 0 amide bonds. The lowest BCUT2D eigenvalue weighted by Gasteiger charge is -2.15. The van der Waals surface area contributed by atoms with Crippen LogP contribution in [0.3, 0.4) is 0 Å². The molecule has 0 aliphatic carbocycles. The summed E-state index contributed by atoms with van der Waals surface area (Å²) in [5, 5.41) is 10.0. The molecule has 1 aromatic heterocycles. The summed E-state index contributed by atoms with van der Waals surface area (Å²) >= 11 is 0. The van der Waals surface area contributed by atoms with E-state index in [1.807, 2.05) is 0 Å². The van der Waals surface area contributed by atoms with Crippen molar-refractivity contribution in [3.05, 3.63) is 48.6 Å². The van der Waals surface area contributed by atoms with Gasteiger partial charge in [-0.05, 0) is 31.2 Å². The van der Waals surface area contributed by atoms with Gasteiger partial charge in [0.05, 0.1) is 39.6 Å². The van der Waals surface area contributed by atoms with E-state index < -0.39 is 18.9 Å². The topological polar surface area (TPSA) is 131 Å². The summed E-state index contributed by atoms with van der Waals surface area (Å²) in [5.74, 6) is 1.76. The van der Waals surface area contributed by atoms with E-state index in [0.717, 1.165) is 0 Å². The van der Waals surface area contributed by atoms with Gasteiger partial charge in [0.2, 0.25) is 6.29 Å². The molecule has 0 spiro atoms. The van der Waals surface area contributed by atoms with Gasteiger partial charge in [-0.1, -0.05) is 6.58 Å². The lowest BCUT2D eigenvalue weighted by atomic mass is 10.1. The Balaban J connectivity index is 2.06. The maximum Gasteiger partial charge on any atom is 0.335 e. The van der Waals surface area contributed by atoms with Crippen molar-refractivity contribution in [3.8, 4) is 51.8 Å². The first-order valence-electron chi connectivity index (χ1n) is 10.7. The molecule has 3 aromatic rings. The Morgan fingerprint density at radius 1 is 0.861 bits per heavy atom. The van der Waals surface area contributed by atoms with Crippen molar-refractivity contribution in [3.63, 3.8) is 0 Å². The highest BCUT2D eigenvalue weighted by atomic mass is 16.7. The molecule has 0 saturated carbocycles. The molecule has 0 aliphatic heterocycles. The quantitative estimate of drug-likeness (QED) is 0.238. The molecule has 11 heteroatoms. The molecule has 1 N–H and O–H groups in total. The van der Waals surface area contributed by atoms with Crippen molar-refractivity contribution in [1.29, 1.82) is 0 Å². The molecule has 36 heavy (non-hydrogen) atoms. The SMILES string of the molecule is C=C(C)C(=O)OC(O)COc1nc(-c2ccc(OC)cc2OC)nc(-c2ccc(OC)cc2OC)n1. The summed E-state index contributed by atoms with van der Waals surface area (Å²) in [6.45, 7) is 4.51. The number of esters is 1. The van der Waals surface area contributed by atoms with Crippen molar-refractivity contribution in [2.45, 2.75) is 13.2 Å². The summed E-state index contributed by atoms with van der Waals surface area (Å²) in [6, 6.07) is 10.2. The smallest absolute Gasteiger partial charge is 0.335 e.